The first-order valence-corrected chi connectivity index (χ1v) is 13.4. The zero-order valence-electron chi connectivity index (χ0n) is 21.7. The molecule has 6 rings (SSSR count). The number of aliphatic hydroxyl groups is 1. The molecule has 2 unspecified atom stereocenters. The third-order valence-corrected chi connectivity index (χ3v) is 7.68. The van der Waals surface area contributed by atoms with E-state index in [1.165, 1.54) is 5.69 Å². The van der Waals surface area contributed by atoms with Gasteiger partial charge in [0.05, 0.1) is 12.3 Å². The molecule has 1 saturated carbocycles. The normalized spacial score (nSPS) is 23.5. The Hall–Kier alpha value is -3.76. The molecular formula is C28H34N8O2. The number of hydrogen-bond acceptors (Lipinski definition) is 8. The molecular weight excluding hydrogens is 480 g/mol. The summed E-state index contributed by atoms with van der Waals surface area (Å²) in [6.45, 7) is 9.94. The Bertz CT molecular complexity index is 1470. The van der Waals surface area contributed by atoms with Crippen LogP contribution in [0.15, 0.2) is 64.6 Å². The van der Waals surface area contributed by atoms with Crippen molar-refractivity contribution in [1.29, 1.82) is 0 Å². The average Bonchev–Trinajstić information content (AvgIpc) is 3.20. The maximum absolute atomic E-state index is 13.3. The molecule has 38 heavy (non-hydrogen) atoms. The van der Waals surface area contributed by atoms with Crippen LogP contribution < -0.4 is 21.1 Å². The zero-order valence-corrected chi connectivity index (χ0v) is 21.7. The fraction of sp³-hybridized carbons (Fsp3) is 0.429. The summed E-state index contributed by atoms with van der Waals surface area (Å²) < 4.78 is 3.45. The van der Waals surface area contributed by atoms with Gasteiger partial charge in [-0.15, -0.1) is 6.58 Å². The fourth-order valence-electron chi connectivity index (χ4n) is 5.74. The average molecular weight is 515 g/mol. The molecule has 1 saturated heterocycles. The van der Waals surface area contributed by atoms with Gasteiger partial charge < -0.3 is 20.6 Å². The molecule has 1 aromatic carbocycles. The predicted molar refractivity (Wildman–Crippen MR) is 150 cm³/mol. The van der Waals surface area contributed by atoms with Crippen molar-refractivity contribution in [2.24, 2.45) is 4.99 Å². The smallest absolute Gasteiger partial charge is 0.278 e. The minimum atomic E-state index is -0.978. The van der Waals surface area contributed by atoms with Gasteiger partial charge in [-0.25, -0.2) is 14.3 Å². The van der Waals surface area contributed by atoms with E-state index in [9.17, 15) is 9.90 Å². The maximum atomic E-state index is 13.3. The minimum Gasteiger partial charge on any atom is -0.384 e. The highest BCUT2D eigenvalue weighted by Crippen LogP contribution is 2.36. The van der Waals surface area contributed by atoms with Gasteiger partial charge in [-0.05, 0) is 56.0 Å². The van der Waals surface area contributed by atoms with Crippen LogP contribution in [0.3, 0.4) is 0 Å². The third kappa shape index (κ3) is 4.43. The number of aromatic nitrogens is 4. The van der Waals surface area contributed by atoms with Crippen LogP contribution in [0.5, 0.6) is 0 Å². The van der Waals surface area contributed by atoms with Gasteiger partial charge in [0.2, 0.25) is 5.95 Å². The van der Waals surface area contributed by atoms with E-state index < -0.39 is 11.8 Å². The Balaban J connectivity index is 1.35. The Morgan fingerprint density at radius 1 is 1.26 bits per heavy atom. The number of aliphatic imine (C=N–C) groups is 1. The first kappa shape index (κ1) is 24.6. The molecule has 4 heterocycles. The van der Waals surface area contributed by atoms with Gasteiger partial charge in [-0.1, -0.05) is 12.2 Å². The number of rotatable bonds is 6. The van der Waals surface area contributed by atoms with Crippen LogP contribution in [0.2, 0.25) is 0 Å². The highest BCUT2D eigenvalue weighted by molar-refractivity contribution is 6.07. The lowest BCUT2D eigenvalue weighted by molar-refractivity contribution is 0.113. The van der Waals surface area contributed by atoms with Gasteiger partial charge in [-0.2, -0.15) is 4.98 Å². The summed E-state index contributed by atoms with van der Waals surface area (Å²) >= 11 is 0. The van der Waals surface area contributed by atoms with Crippen molar-refractivity contribution in [2.75, 3.05) is 36.4 Å². The van der Waals surface area contributed by atoms with Gasteiger partial charge >= 0.3 is 0 Å². The molecule has 2 atom stereocenters. The van der Waals surface area contributed by atoms with Crippen molar-refractivity contribution in [3.63, 3.8) is 0 Å². The lowest BCUT2D eigenvalue weighted by Crippen LogP contribution is -2.43. The summed E-state index contributed by atoms with van der Waals surface area (Å²) in [7, 11) is 0. The number of benzene rings is 1. The van der Waals surface area contributed by atoms with Crippen molar-refractivity contribution in [3.05, 3.63) is 65.1 Å². The summed E-state index contributed by atoms with van der Waals surface area (Å²) in [6.07, 6.45) is 8.16. The quantitative estimate of drug-likeness (QED) is 0.433. The van der Waals surface area contributed by atoms with E-state index in [1.54, 1.807) is 17.0 Å². The second-order valence-electron chi connectivity index (χ2n) is 10.4. The highest BCUT2D eigenvalue weighted by Gasteiger charge is 2.37. The molecule has 2 aliphatic heterocycles. The largest absolute Gasteiger partial charge is 0.384 e. The number of nitrogens with one attached hydrogen (secondary N) is 2. The van der Waals surface area contributed by atoms with Gasteiger partial charge in [0.25, 0.3) is 5.56 Å². The second kappa shape index (κ2) is 9.85. The molecule has 0 bridgehead atoms. The standard InChI is InChI=1S/C28H34N8O2/c1-3-15-35-26(37)22-18-30-27(31-20-7-9-21(10-8-20)34-16-13-29-14-17-34)33-25(22)36(35)23-11-6-19-5-4-12-28(2,38)24(19)32-23/h3,6-10,18,23,29,38H,1,4-5,11-17H2,2H3,(H,30,31,33). The molecule has 2 aromatic heterocycles. The molecule has 3 aliphatic rings. The molecule has 2 fully saturated rings. The van der Waals surface area contributed by atoms with E-state index in [0.29, 0.717) is 36.4 Å². The van der Waals surface area contributed by atoms with E-state index in [2.05, 4.69) is 45.3 Å². The van der Waals surface area contributed by atoms with E-state index >= 15 is 0 Å². The Labute approximate surface area is 221 Å². The number of allylic oxidation sites excluding steroid dienone is 1. The first-order chi connectivity index (χ1) is 18.4. The van der Waals surface area contributed by atoms with Crippen LogP contribution in [0.25, 0.3) is 11.0 Å². The lowest BCUT2D eigenvalue weighted by atomic mass is 9.79. The summed E-state index contributed by atoms with van der Waals surface area (Å²) in [5.41, 5.74) is 3.22. The highest BCUT2D eigenvalue weighted by atomic mass is 16.3. The van der Waals surface area contributed by atoms with Crippen molar-refractivity contribution >= 4 is 34.1 Å². The molecule has 10 nitrogen and oxygen atoms in total. The van der Waals surface area contributed by atoms with Crippen molar-refractivity contribution in [2.45, 2.75) is 50.9 Å². The van der Waals surface area contributed by atoms with Gasteiger partial charge in [0.15, 0.2) is 5.65 Å². The number of fused-ring (bicyclic) bond motifs is 2. The molecule has 0 spiro atoms. The second-order valence-corrected chi connectivity index (χ2v) is 10.4. The number of anilines is 3. The Morgan fingerprint density at radius 3 is 2.82 bits per heavy atom. The molecule has 10 heteroatoms. The number of piperazine rings is 1. The van der Waals surface area contributed by atoms with Gasteiger partial charge in [-0.3, -0.25) is 9.79 Å². The van der Waals surface area contributed by atoms with Crippen LogP contribution in [0.1, 0.15) is 38.8 Å². The minimum absolute atomic E-state index is 0.183. The van der Waals surface area contributed by atoms with Crippen LogP contribution in [-0.2, 0) is 6.54 Å². The van der Waals surface area contributed by atoms with E-state index in [0.717, 1.165) is 56.0 Å². The first-order valence-electron chi connectivity index (χ1n) is 13.4. The van der Waals surface area contributed by atoms with Crippen molar-refractivity contribution in [1.82, 2.24) is 24.6 Å². The predicted octanol–water partition coefficient (Wildman–Crippen LogP) is 3.14. The van der Waals surface area contributed by atoms with Gasteiger partial charge in [0, 0.05) is 50.2 Å². The van der Waals surface area contributed by atoms with Gasteiger partial charge in [0.1, 0.15) is 17.2 Å². The summed E-state index contributed by atoms with van der Waals surface area (Å²) in [6, 6.07) is 8.23. The molecule has 0 radical (unpaired) electrons. The SMILES string of the molecule is C=CCn1c(=O)c2cnc(Nc3ccc(N4CCNCC4)cc3)nc2n1C1CC=C2CCCC(C)(O)C2=N1. The van der Waals surface area contributed by atoms with Crippen molar-refractivity contribution in [3.8, 4) is 0 Å². The van der Waals surface area contributed by atoms with Crippen LogP contribution in [0.4, 0.5) is 17.3 Å². The monoisotopic (exact) mass is 514 g/mol. The summed E-state index contributed by atoms with van der Waals surface area (Å²) in [5, 5.41) is 18.1. The third-order valence-electron chi connectivity index (χ3n) is 7.68. The number of nitrogens with zero attached hydrogens (tertiary/aromatic N) is 6. The van der Waals surface area contributed by atoms with Crippen LogP contribution >= 0.6 is 0 Å². The zero-order chi connectivity index (χ0) is 26.3. The van der Waals surface area contributed by atoms with Crippen LogP contribution in [0, 0.1) is 0 Å². The molecule has 3 aromatic rings. The molecule has 1 aliphatic carbocycles. The van der Waals surface area contributed by atoms with E-state index in [-0.39, 0.29) is 5.56 Å². The lowest BCUT2D eigenvalue weighted by Gasteiger charge is -2.35. The summed E-state index contributed by atoms with van der Waals surface area (Å²) in [5.74, 6) is 0.404. The topological polar surface area (TPSA) is 113 Å². The van der Waals surface area contributed by atoms with E-state index in [4.69, 9.17) is 9.98 Å². The number of hydrogen-bond donors (Lipinski definition) is 3. The molecule has 198 valence electrons. The summed E-state index contributed by atoms with van der Waals surface area (Å²) in [4.78, 5) is 29.9. The number of dihydropyridines is 1. The Kier molecular flexibility index (Phi) is 6.37. The van der Waals surface area contributed by atoms with Crippen molar-refractivity contribution < 1.29 is 5.11 Å². The Morgan fingerprint density at radius 2 is 2.05 bits per heavy atom. The van der Waals surface area contributed by atoms with E-state index in [1.807, 2.05) is 23.7 Å². The molecule has 0 amide bonds. The maximum Gasteiger partial charge on any atom is 0.278 e. The van der Waals surface area contributed by atoms with Crippen LogP contribution in [-0.4, -0.2) is 61.9 Å². The fourth-order valence-corrected chi connectivity index (χ4v) is 5.74. The molecule has 3 N–H and O–H groups in total.